The van der Waals surface area contributed by atoms with E-state index >= 15 is 0 Å². The Bertz CT molecular complexity index is 1100. The summed E-state index contributed by atoms with van der Waals surface area (Å²) in [4.78, 5) is 36.9. The van der Waals surface area contributed by atoms with Gasteiger partial charge in [0.25, 0.3) is 0 Å². The largest absolute Gasteiger partial charge is 0.362 e. The second-order valence-corrected chi connectivity index (χ2v) is 9.61. The fraction of sp³-hybridized carbons (Fsp3) is 0.455. The van der Waals surface area contributed by atoms with Crippen LogP contribution in [0, 0.1) is 12.7 Å². The first-order valence-electron chi connectivity index (χ1n) is 10.9. The van der Waals surface area contributed by atoms with Crippen LogP contribution in [0.1, 0.15) is 37.1 Å². The molecule has 2 aromatic rings. The van der Waals surface area contributed by atoms with Crippen molar-refractivity contribution in [1.29, 1.82) is 0 Å². The van der Waals surface area contributed by atoms with Gasteiger partial charge in [0.2, 0.25) is 17.8 Å². The lowest BCUT2D eigenvalue weighted by Crippen LogP contribution is -2.53. The maximum Gasteiger partial charge on any atom is 0.245 e. The summed E-state index contributed by atoms with van der Waals surface area (Å²) in [5.74, 6) is 0.140. The summed E-state index contributed by atoms with van der Waals surface area (Å²) in [6, 6.07) is 1.71. The van der Waals surface area contributed by atoms with Crippen LogP contribution in [0.3, 0.4) is 0 Å². The van der Waals surface area contributed by atoms with E-state index in [2.05, 4.69) is 20.6 Å². The zero-order chi connectivity index (χ0) is 24.6. The molecule has 2 N–H and O–H groups in total. The fourth-order valence-corrected chi connectivity index (χ4v) is 4.94. The van der Waals surface area contributed by atoms with E-state index in [1.54, 1.807) is 18.7 Å². The molecule has 4 rings (SSSR count). The summed E-state index contributed by atoms with van der Waals surface area (Å²) in [7, 11) is 0. The van der Waals surface area contributed by atoms with E-state index in [4.69, 9.17) is 34.8 Å². The summed E-state index contributed by atoms with van der Waals surface area (Å²) in [5.41, 5.74) is 0.822. The molecule has 2 saturated heterocycles. The van der Waals surface area contributed by atoms with Gasteiger partial charge in [0.1, 0.15) is 16.9 Å². The smallest absolute Gasteiger partial charge is 0.245 e. The highest BCUT2D eigenvalue weighted by Gasteiger charge is 2.33. The van der Waals surface area contributed by atoms with Crippen LogP contribution in [0.2, 0.25) is 15.1 Å². The lowest BCUT2D eigenvalue weighted by Gasteiger charge is -2.36. The van der Waals surface area contributed by atoms with Crippen molar-refractivity contribution >= 4 is 58.4 Å². The quantitative estimate of drug-likeness (QED) is 0.609. The number of rotatable bonds is 5. The van der Waals surface area contributed by atoms with Gasteiger partial charge in [0.05, 0.1) is 16.8 Å². The topological polar surface area (TPSA) is 90.5 Å². The lowest BCUT2D eigenvalue weighted by molar-refractivity contribution is -0.134. The molecule has 2 aliphatic heterocycles. The minimum Gasteiger partial charge on any atom is -0.362 e. The van der Waals surface area contributed by atoms with Crippen LogP contribution >= 0.6 is 34.8 Å². The molecule has 0 saturated carbocycles. The molecule has 2 aliphatic rings. The number of benzene rings is 1. The fourth-order valence-electron chi connectivity index (χ4n) is 4.17. The van der Waals surface area contributed by atoms with Gasteiger partial charge >= 0.3 is 0 Å². The third-order valence-corrected chi connectivity index (χ3v) is 6.99. The number of aromatic nitrogens is 2. The van der Waals surface area contributed by atoms with Crippen molar-refractivity contribution in [1.82, 2.24) is 20.2 Å². The Kier molecular flexibility index (Phi) is 7.35. The van der Waals surface area contributed by atoms with Crippen molar-refractivity contribution in [3.05, 3.63) is 44.3 Å². The summed E-state index contributed by atoms with van der Waals surface area (Å²) < 4.78 is 14.5. The summed E-state index contributed by atoms with van der Waals surface area (Å²) in [6.45, 7) is 5.54. The average Bonchev–Trinajstić information content (AvgIpc) is 3.22. The molecule has 182 valence electrons. The standard InChI is InChI=1S/C22H24Cl3FN6O2/c1-11(18-14(24)9-13(23)10-15(18)26)27-20-19(25)12(2)28-22(30-20)32-7-5-31(6-8-32)21(34)16-3-4-17(33)29-16/h9-11,16H,3-8H2,1-2H3,(H,29,33)(H,27,28,30)/t11-,16-/m1/s1. The highest BCUT2D eigenvalue weighted by atomic mass is 35.5. The highest BCUT2D eigenvalue weighted by Crippen LogP contribution is 2.34. The summed E-state index contributed by atoms with van der Waals surface area (Å²) in [6.07, 6.45) is 0.913. The molecule has 3 heterocycles. The molecule has 2 atom stereocenters. The van der Waals surface area contributed by atoms with Gasteiger partial charge < -0.3 is 20.4 Å². The molecular formula is C22H24Cl3FN6O2. The van der Waals surface area contributed by atoms with Crippen LogP contribution in [0.4, 0.5) is 16.2 Å². The third kappa shape index (κ3) is 5.16. The molecular weight excluding hydrogens is 506 g/mol. The van der Waals surface area contributed by atoms with E-state index in [-0.39, 0.29) is 27.4 Å². The number of carbonyl (C=O) groups is 2. The number of hydrogen-bond acceptors (Lipinski definition) is 6. The monoisotopic (exact) mass is 528 g/mol. The number of carbonyl (C=O) groups excluding carboxylic acids is 2. The molecule has 1 aromatic carbocycles. The first-order valence-corrected chi connectivity index (χ1v) is 12.1. The summed E-state index contributed by atoms with van der Waals surface area (Å²) >= 11 is 18.5. The highest BCUT2D eigenvalue weighted by molar-refractivity contribution is 6.35. The van der Waals surface area contributed by atoms with Crippen LogP contribution < -0.4 is 15.5 Å². The number of nitrogens with zero attached hydrogens (tertiary/aromatic N) is 4. The van der Waals surface area contributed by atoms with Gasteiger partial charge in [-0.1, -0.05) is 34.8 Å². The molecule has 0 spiro atoms. The zero-order valence-electron chi connectivity index (χ0n) is 18.7. The predicted octanol–water partition coefficient (Wildman–Crippen LogP) is 3.98. The molecule has 2 fully saturated rings. The van der Waals surface area contributed by atoms with Crippen LogP contribution in [0.15, 0.2) is 12.1 Å². The Balaban J connectivity index is 1.47. The Hall–Kier alpha value is -2.36. The number of amides is 2. The first-order chi connectivity index (χ1) is 16.1. The van der Waals surface area contributed by atoms with E-state index in [1.165, 1.54) is 12.1 Å². The second kappa shape index (κ2) is 10.1. The van der Waals surface area contributed by atoms with Gasteiger partial charge in [-0.2, -0.15) is 4.98 Å². The number of nitrogens with one attached hydrogen (secondary N) is 2. The zero-order valence-corrected chi connectivity index (χ0v) is 20.9. The lowest BCUT2D eigenvalue weighted by atomic mass is 10.1. The number of hydrogen-bond donors (Lipinski definition) is 2. The summed E-state index contributed by atoms with van der Waals surface area (Å²) in [5, 5.41) is 6.60. The van der Waals surface area contributed by atoms with Crippen molar-refractivity contribution in [3.8, 4) is 0 Å². The van der Waals surface area contributed by atoms with E-state index in [0.29, 0.717) is 61.5 Å². The average molecular weight is 530 g/mol. The van der Waals surface area contributed by atoms with Gasteiger partial charge in [0, 0.05) is 43.2 Å². The van der Waals surface area contributed by atoms with E-state index in [0.717, 1.165) is 0 Å². The molecule has 0 unspecified atom stereocenters. The van der Waals surface area contributed by atoms with Crippen molar-refractivity contribution in [2.45, 2.75) is 38.8 Å². The van der Waals surface area contributed by atoms with Gasteiger partial charge in [-0.05, 0) is 32.4 Å². The van der Waals surface area contributed by atoms with Crippen molar-refractivity contribution < 1.29 is 14.0 Å². The Labute approximate surface area is 211 Å². The van der Waals surface area contributed by atoms with Crippen LogP contribution in [-0.4, -0.2) is 58.9 Å². The van der Waals surface area contributed by atoms with Crippen LogP contribution in [0.25, 0.3) is 0 Å². The Morgan fingerprint density at radius 1 is 1.21 bits per heavy atom. The number of piperazine rings is 1. The normalized spacial score (nSPS) is 19.2. The maximum absolute atomic E-state index is 14.5. The molecule has 0 radical (unpaired) electrons. The van der Waals surface area contributed by atoms with Crippen LogP contribution in [-0.2, 0) is 9.59 Å². The number of anilines is 2. The first kappa shape index (κ1) is 24.8. The van der Waals surface area contributed by atoms with Crippen molar-refractivity contribution in [2.75, 3.05) is 36.4 Å². The van der Waals surface area contributed by atoms with Gasteiger partial charge in [0.15, 0.2) is 5.82 Å². The molecule has 34 heavy (non-hydrogen) atoms. The number of aryl methyl sites for hydroxylation is 1. The third-order valence-electron chi connectivity index (χ3n) is 6.00. The van der Waals surface area contributed by atoms with E-state index in [1.807, 2.05) is 4.90 Å². The van der Waals surface area contributed by atoms with Crippen molar-refractivity contribution in [2.24, 2.45) is 0 Å². The van der Waals surface area contributed by atoms with E-state index < -0.39 is 17.9 Å². The molecule has 0 aliphatic carbocycles. The second-order valence-electron chi connectivity index (χ2n) is 8.39. The molecule has 1 aromatic heterocycles. The van der Waals surface area contributed by atoms with Crippen molar-refractivity contribution in [3.63, 3.8) is 0 Å². The Morgan fingerprint density at radius 3 is 2.53 bits per heavy atom. The predicted molar refractivity (Wildman–Crippen MR) is 130 cm³/mol. The van der Waals surface area contributed by atoms with Gasteiger partial charge in [-0.15, -0.1) is 0 Å². The maximum atomic E-state index is 14.5. The van der Waals surface area contributed by atoms with Gasteiger partial charge in [-0.3, -0.25) is 9.59 Å². The van der Waals surface area contributed by atoms with E-state index in [9.17, 15) is 14.0 Å². The number of halogens is 4. The molecule has 12 heteroatoms. The van der Waals surface area contributed by atoms with Gasteiger partial charge in [-0.25, -0.2) is 9.37 Å². The van der Waals surface area contributed by atoms with Crippen LogP contribution in [0.5, 0.6) is 0 Å². The molecule has 8 nitrogen and oxygen atoms in total. The Morgan fingerprint density at radius 2 is 1.91 bits per heavy atom. The SMILES string of the molecule is Cc1nc(N2CCN(C(=O)[C@H]3CCC(=O)N3)CC2)nc(N[C@H](C)c2c(F)cc(Cl)cc2Cl)c1Cl. The minimum atomic E-state index is -0.541. The minimum absolute atomic E-state index is 0.0586. The molecule has 2 amide bonds. The molecule has 0 bridgehead atoms.